The maximum atomic E-state index is 8.43. The maximum Gasteiger partial charge on any atom is 0.0348 e. The second-order valence-electron chi connectivity index (χ2n) is 2.25. The number of rotatable bonds is 3. The van der Waals surface area contributed by atoms with Gasteiger partial charge in [-0.1, -0.05) is 6.58 Å². The van der Waals surface area contributed by atoms with E-state index in [0.717, 1.165) is 5.56 Å². The van der Waals surface area contributed by atoms with Crippen LogP contribution in [0.15, 0.2) is 36.8 Å². The van der Waals surface area contributed by atoms with Gasteiger partial charge in [0.1, 0.15) is 0 Å². The van der Waals surface area contributed by atoms with Gasteiger partial charge in [-0.05, 0) is 17.7 Å². The van der Waals surface area contributed by atoms with Gasteiger partial charge in [0.05, 0.1) is 0 Å². The first-order valence-electron chi connectivity index (χ1n) is 3.29. The lowest BCUT2D eigenvalue weighted by Crippen LogP contribution is -2.07. The minimum absolute atomic E-state index is 0.580. The molecule has 0 amide bonds. The Labute approximate surface area is 65.4 Å². The van der Waals surface area contributed by atoms with Crippen LogP contribution in [0.3, 0.4) is 0 Å². The monoisotopic (exact) mass is 150 g/mol. The zero-order valence-corrected chi connectivity index (χ0v) is 6.12. The molecule has 1 heterocycles. The van der Waals surface area contributed by atoms with Crippen molar-refractivity contribution in [3.8, 4) is 0 Å². The highest BCUT2D eigenvalue weighted by atomic mass is 16.5. The molecule has 11 heavy (non-hydrogen) atoms. The Balaban J connectivity index is 2.58. The van der Waals surface area contributed by atoms with Gasteiger partial charge >= 0.3 is 0 Å². The van der Waals surface area contributed by atoms with Gasteiger partial charge in [0, 0.05) is 24.5 Å². The Morgan fingerprint density at radius 2 is 2.18 bits per heavy atom. The lowest BCUT2D eigenvalue weighted by molar-refractivity contribution is 0.198. The van der Waals surface area contributed by atoms with Crippen LogP contribution in [0.25, 0.3) is 0 Å². The molecule has 1 rings (SSSR count). The first kappa shape index (κ1) is 7.75. The van der Waals surface area contributed by atoms with Crippen molar-refractivity contribution < 1.29 is 5.21 Å². The summed E-state index contributed by atoms with van der Waals surface area (Å²) in [5, 5.41) is 8.43. The number of hydroxylamine groups is 1. The average molecular weight is 150 g/mol. The van der Waals surface area contributed by atoms with Gasteiger partial charge in [0.25, 0.3) is 0 Å². The molecular formula is C8H10N2O. The van der Waals surface area contributed by atoms with Gasteiger partial charge in [0.15, 0.2) is 0 Å². The Hall–Kier alpha value is -1.35. The van der Waals surface area contributed by atoms with E-state index in [-0.39, 0.29) is 0 Å². The molecule has 3 nitrogen and oxygen atoms in total. The summed E-state index contributed by atoms with van der Waals surface area (Å²) in [4.78, 5) is 3.87. The molecule has 0 aliphatic heterocycles. The molecule has 0 radical (unpaired) electrons. The number of nitrogens with one attached hydrogen (secondary N) is 1. The molecule has 0 unspecified atom stereocenters. The topological polar surface area (TPSA) is 45.2 Å². The third kappa shape index (κ3) is 2.39. The number of aromatic nitrogens is 1. The van der Waals surface area contributed by atoms with Crippen molar-refractivity contribution in [1.29, 1.82) is 0 Å². The molecule has 0 fully saturated rings. The van der Waals surface area contributed by atoms with Crippen LogP contribution < -0.4 is 5.48 Å². The molecule has 3 heteroatoms. The largest absolute Gasteiger partial charge is 0.291 e. The van der Waals surface area contributed by atoms with E-state index in [2.05, 4.69) is 11.6 Å². The fraction of sp³-hybridized carbons (Fsp3) is 0.125. The fourth-order valence-electron chi connectivity index (χ4n) is 0.787. The molecule has 1 aromatic heterocycles. The highest BCUT2D eigenvalue weighted by Crippen LogP contribution is 2.01. The predicted molar refractivity (Wildman–Crippen MR) is 42.0 cm³/mol. The second-order valence-corrected chi connectivity index (χ2v) is 2.25. The van der Waals surface area contributed by atoms with Crippen molar-refractivity contribution in [2.24, 2.45) is 0 Å². The van der Waals surface area contributed by atoms with Crippen LogP contribution in [0.5, 0.6) is 0 Å². The Bertz CT molecular complexity index is 233. The van der Waals surface area contributed by atoms with E-state index >= 15 is 0 Å². The summed E-state index contributed by atoms with van der Waals surface area (Å²) in [5.41, 5.74) is 3.65. The van der Waals surface area contributed by atoms with Crippen LogP contribution in [0.1, 0.15) is 5.56 Å². The molecule has 0 atom stereocenters. The van der Waals surface area contributed by atoms with E-state index in [1.54, 1.807) is 12.4 Å². The SMILES string of the molecule is C=C(Cc1ccncc1)NO. The molecule has 1 aromatic rings. The van der Waals surface area contributed by atoms with Crippen LogP contribution in [0, 0.1) is 0 Å². The average Bonchev–Trinajstić information content (AvgIpc) is 2.06. The van der Waals surface area contributed by atoms with Gasteiger partial charge in [-0.2, -0.15) is 0 Å². The van der Waals surface area contributed by atoms with E-state index in [0.29, 0.717) is 12.1 Å². The molecule has 58 valence electrons. The summed E-state index contributed by atoms with van der Waals surface area (Å²) in [6.07, 6.45) is 4.04. The van der Waals surface area contributed by atoms with E-state index in [4.69, 9.17) is 5.21 Å². The van der Waals surface area contributed by atoms with Crippen molar-refractivity contribution in [2.45, 2.75) is 6.42 Å². The number of nitrogens with zero attached hydrogens (tertiary/aromatic N) is 1. The molecule has 0 aliphatic rings. The number of hydrogen-bond donors (Lipinski definition) is 2. The van der Waals surface area contributed by atoms with Crippen LogP contribution in [0.4, 0.5) is 0 Å². The van der Waals surface area contributed by atoms with Crippen molar-refractivity contribution in [2.75, 3.05) is 0 Å². The Kier molecular flexibility index (Phi) is 2.63. The minimum Gasteiger partial charge on any atom is -0.291 e. The maximum absolute atomic E-state index is 8.43. The van der Waals surface area contributed by atoms with Crippen LogP contribution in [0.2, 0.25) is 0 Å². The molecule has 0 saturated carbocycles. The highest BCUT2D eigenvalue weighted by molar-refractivity contribution is 5.15. The summed E-state index contributed by atoms with van der Waals surface area (Å²) in [5.74, 6) is 0. The van der Waals surface area contributed by atoms with Gasteiger partial charge in [-0.3, -0.25) is 15.7 Å². The summed E-state index contributed by atoms with van der Waals surface area (Å²) >= 11 is 0. The molecule has 0 spiro atoms. The van der Waals surface area contributed by atoms with Crippen molar-refractivity contribution >= 4 is 0 Å². The van der Waals surface area contributed by atoms with E-state index in [9.17, 15) is 0 Å². The molecule has 0 aliphatic carbocycles. The molecule has 0 aromatic carbocycles. The standard InChI is InChI=1S/C8H10N2O/c1-7(10-11)6-8-2-4-9-5-3-8/h2-5,10-11H,1,6H2. The van der Waals surface area contributed by atoms with Crippen molar-refractivity contribution in [3.63, 3.8) is 0 Å². The summed E-state index contributed by atoms with van der Waals surface area (Å²) in [6, 6.07) is 3.76. The Morgan fingerprint density at radius 3 is 2.73 bits per heavy atom. The van der Waals surface area contributed by atoms with E-state index in [1.165, 1.54) is 0 Å². The Morgan fingerprint density at radius 1 is 1.55 bits per heavy atom. The number of pyridine rings is 1. The zero-order valence-electron chi connectivity index (χ0n) is 6.12. The van der Waals surface area contributed by atoms with Crippen LogP contribution >= 0.6 is 0 Å². The lowest BCUT2D eigenvalue weighted by Gasteiger charge is -2.01. The van der Waals surface area contributed by atoms with Gasteiger partial charge in [0.2, 0.25) is 0 Å². The lowest BCUT2D eigenvalue weighted by atomic mass is 10.2. The van der Waals surface area contributed by atoms with Crippen molar-refractivity contribution in [3.05, 3.63) is 42.4 Å². The highest BCUT2D eigenvalue weighted by Gasteiger charge is 1.93. The summed E-state index contributed by atoms with van der Waals surface area (Å²) in [7, 11) is 0. The number of allylic oxidation sites excluding steroid dienone is 1. The van der Waals surface area contributed by atoms with Crippen molar-refractivity contribution in [1.82, 2.24) is 10.5 Å². The third-order valence-electron chi connectivity index (χ3n) is 1.32. The molecule has 0 bridgehead atoms. The molecule has 2 N–H and O–H groups in total. The number of hydrogen-bond acceptors (Lipinski definition) is 3. The second kappa shape index (κ2) is 3.73. The van der Waals surface area contributed by atoms with Gasteiger partial charge in [-0.15, -0.1) is 0 Å². The summed E-state index contributed by atoms with van der Waals surface area (Å²) < 4.78 is 0. The van der Waals surface area contributed by atoms with Gasteiger partial charge in [-0.25, -0.2) is 0 Å². The normalized spacial score (nSPS) is 9.18. The minimum atomic E-state index is 0.580. The first-order chi connectivity index (χ1) is 5.33. The zero-order chi connectivity index (χ0) is 8.10. The summed E-state index contributed by atoms with van der Waals surface area (Å²) in [6.45, 7) is 3.59. The quantitative estimate of drug-likeness (QED) is 0.634. The van der Waals surface area contributed by atoms with Crippen LogP contribution in [-0.2, 0) is 6.42 Å². The molecular weight excluding hydrogens is 140 g/mol. The van der Waals surface area contributed by atoms with Crippen LogP contribution in [-0.4, -0.2) is 10.2 Å². The predicted octanol–water partition coefficient (Wildman–Crippen LogP) is 1.12. The fourth-order valence-corrected chi connectivity index (χ4v) is 0.787. The van der Waals surface area contributed by atoms with E-state index < -0.39 is 0 Å². The van der Waals surface area contributed by atoms with E-state index in [1.807, 2.05) is 17.6 Å². The third-order valence-corrected chi connectivity index (χ3v) is 1.32. The molecule has 0 saturated heterocycles. The first-order valence-corrected chi connectivity index (χ1v) is 3.29. The smallest absolute Gasteiger partial charge is 0.0348 e. The van der Waals surface area contributed by atoms with Gasteiger partial charge < -0.3 is 0 Å².